The van der Waals surface area contributed by atoms with Crippen LogP contribution in [0.5, 0.6) is 0 Å². The van der Waals surface area contributed by atoms with Crippen LogP contribution in [0, 0.1) is 13.8 Å². The molecule has 0 radical (unpaired) electrons. The second-order valence-corrected chi connectivity index (χ2v) is 9.12. The Morgan fingerprint density at radius 2 is 1.97 bits per heavy atom. The normalized spacial score (nSPS) is 18.7. The fraction of sp³-hybridized carbons (Fsp3) is 0.333. The molecular formula is C24H27BrN4S. The first-order valence-corrected chi connectivity index (χ1v) is 11.6. The molecule has 3 aromatic rings. The number of aromatic nitrogens is 2. The van der Waals surface area contributed by atoms with Gasteiger partial charge in [-0.25, -0.2) is 0 Å². The van der Waals surface area contributed by atoms with Crippen molar-refractivity contribution in [2.45, 2.75) is 45.7 Å². The van der Waals surface area contributed by atoms with Gasteiger partial charge >= 0.3 is 0 Å². The van der Waals surface area contributed by atoms with Crippen molar-refractivity contribution < 1.29 is 0 Å². The van der Waals surface area contributed by atoms with Crippen LogP contribution < -0.4 is 5.32 Å². The topological polar surface area (TPSA) is 33.1 Å². The minimum Gasteiger partial charge on any atom is -0.352 e. The molecule has 156 valence electrons. The summed E-state index contributed by atoms with van der Waals surface area (Å²) in [5, 5.41) is 4.38. The second kappa shape index (κ2) is 8.90. The Labute approximate surface area is 192 Å². The van der Waals surface area contributed by atoms with Gasteiger partial charge in [0.05, 0.1) is 17.8 Å². The Morgan fingerprint density at radius 1 is 1.13 bits per heavy atom. The molecule has 0 aliphatic carbocycles. The molecule has 0 amide bonds. The van der Waals surface area contributed by atoms with Crippen molar-refractivity contribution in [3.8, 4) is 5.69 Å². The lowest BCUT2D eigenvalue weighted by Crippen LogP contribution is -2.30. The summed E-state index contributed by atoms with van der Waals surface area (Å²) in [6, 6.07) is 17.0. The van der Waals surface area contributed by atoms with E-state index in [0.29, 0.717) is 0 Å². The quantitative estimate of drug-likeness (QED) is 0.435. The maximum Gasteiger partial charge on any atom is 0.170 e. The van der Waals surface area contributed by atoms with Gasteiger partial charge in [-0.1, -0.05) is 41.4 Å². The summed E-state index contributed by atoms with van der Waals surface area (Å²) < 4.78 is 3.41. The van der Waals surface area contributed by atoms with Crippen molar-refractivity contribution in [3.05, 3.63) is 81.8 Å². The van der Waals surface area contributed by atoms with Gasteiger partial charge in [0.15, 0.2) is 5.11 Å². The van der Waals surface area contributed by atoms with E-state index in [-0.39, 0.29) is 12.1 Å². The number of nitrogens with one attached hydrogen (secondary N) is 1. The zero-order valence-electron chi connectivity index (χ0n) is 17.6. The zero-order chi connectivity index (χ0) is 21.3. The standard InChI is InChI=1S/C24H27BrN4S/c1-4-5-13-28-23(22(27-24(28)30)21-11-6-7-12-26-21)20-14-16(2)29(17(20)3)19-10-8-9-18(25)15-19/h6-12,14-15,22-23H,4-5,13H2,1-3H3,(H,27,30)/t22-,23+/m1/s1. The Morgan fingerprint density at radius 3 is 2.67 bits per heavy atom. The van der Waals surface area contributed by atoms with Gasteiger partial charge in [-0.05, 0) is 74.4 Å². The van der Waals surface area contributed by atoms with Crippen LogP contribution in [-0.2, 0) is 0 Å². The van der Waals surface area contributed by atoms with E-state index < -0.39 is 0 Å². The minimum absolute atomic E-state index is 0.0343. The van der Waals surface area contributed by atoms with Gasteiger partial charge in [-0.3, -0.25) is 4.98 Å². The van der Waals surface area contributed by atoms with Crippen molar-refractivity contribution in [1.29, 1.82) is 0 Å². The van der Waals surface area contributed by atoms with E-state index in [0.717, 1.165) is 40.4 Å². The summed E-state index contributed by atoms with van der Waals surface area (Å²) in [5.74, 6) is 0. The number of benzene rings is 1. The summed E-state index contributed by atoms with van der Waals surface area (Å²) in [6.07, 6.45) is 4.10. The lowest BCUT2D eigenvalue weighted by Gasteiger charge is -2.28. The van der Waals surface area contributed by atoms with Crippen LogP contribution in [0.4, 0.5) is 0 Å². The average molecular weight is 483 g/mol. The predicted molar refractivity (Wildman–Crippen MR) is 130 cm³/mol. The molecule has 1 N–H and O–H groups in total. The van der Waals surface area contributed by atoms with Crippen LogP contribution in [0.15, 0.2) is 59.2 Å². The van der Waals surface area contributed by atoms with Crippen LogP contribution in [0.25, 0.3) is 5.69 Å². The summed E-state index contributed by atoms with van der Waals surface area (Å²) in [4.78, 5) is 7.00. The number of thiocarbonyl (C=S) groups is 1. The van der Waals surface area contributed by atoms with Gasteiger partial charge < -0.3 is 14.8 Å². The maximum absolute atomic E-state index is 5.78. The van der Waals surface area contributed by atoms with Crippen molar-refractivity contribution in [3.63, 3.8) is 0 Å². The number of pyridine rings is 1. The van der Waals surface area contributed by atoms with Crippen LogP contribution >= 0.6 is 28.1 Å². The summed E-state index contributed by atoms with van der Waals surface area (Å²) in [7, 11) is 0. The molecule has 1 aliphatic rings. The number of aryl methyl sites for hydroxylation is 1. The van der Waals surface area contributed by atoms with Gasteiger partial charge in [-0.2, -0.15) is 0 Å². The zero-order valence-corrected chi connectivity index (χ0v) is 20.0. The third-order valence-electron chi connectivity index (χ3n) is 5.81. The lowest BCUT2D eigenvalue weighted by molar-refractivity contribution is 0.312. The molecule has 1 saturated heterocycles. The second-order valence-electron chi connectivity index (χ2n) is 7.82. The molecule has 2 atom stereocenters. The number of rotatable bonds is 6. The number of unbranched alkanes of at least 4 members (excludes halogenated alkanes) is 1. The average Bonchev–Trinajstić information content (AvgIpc) is 3.22. The Hall–Kier alpha value is -2.18. The summed E-state index contributed by atoms with van der Waals surface area (Å²) in [5.41, 5.74) is 5.94. The summed E-state index contributed by atoms with van der Waals surface area (Å²) in [6.45, 7) is 7.54. The highest BCUT2D eigenvalue weighted by atomic mass is 79.9. The molecule has 2 aromatic heterocycles. The first kappa shape index (κ1) is 21.1. The smallest absolute Gasteiger partial charge is 0.170 e. The van der Waals surface area contributed by atoms with Gasteiger partial charge in [0.1, 0.15) is 0 Å². The molecule has 0 unspecified atom stereocenters. The third-order valence-corrected chi connectivity index (χ3v) is 6.65. The van der Waals surface area contributed by atoms with Gasteiger partial charge in [0.25, 0.3) is 0 Å². The van der Waals surface area contributed by atoms with Crippen molar-refractivity contribution in [2.24, 2.45) is 0 Å². The molecule has 1 fully saturated rings. The molecule has 6 heteroatoms. The molecule has 4 rings (SSSR count). The number of hydrogen-bond donors (Lipinski definition) is 1. The third kappa shape index (κ3) is 3.91. The highest BCUT2D eigenvalue weighted by molar-refractivity contribution is 9.10. The molecule has 0 saturated carbocycles. The Bertz CT molecular complexity index is 1050. The maximum atomic E-state index is 5.78. The highest BCUT2D eigenvalue weighted by Crippen LogP contribution is 2.41. The molecule has 1 aromatic carbocycles. The molecule has 4 nitrogen and oxygen atoms in total. The van der Waals surface area contributed by atoms with Crippen LogP contribution in [0.1, 0.15) is 54.5 Å². The van der Waals surface area contributed by atoms with E-state index in [4.69, 9.17) is 12.2 Å². The molecule has 30 heavy (non-hydrogen) atoms. The van der Waals surface area contributed by atoms with E-state index in [1.807, 2.05) is 18.3 Å². The fourth-order valence-corrected chi connectivity index (χ4v) is 5.13. The van der Waals surface area contributed by atoms with Crippen LogP contribution in [0.3, 0.4) is 0 Å². The van der Waals surface area contributed by atoms with E-state index in [1.165, 1.54) is 17.0 Å². The number of halogens is 1. The number of hydrogen-bond acceptors (Lipinski definition) is 2. The fourth-order valence-electron chi connectivity index (χ4n) is 4.41. The van der Waals surface area contributed by atoms with E-state index in [9.17, 15) is 0 Å². The Balaban J connectivity index is 1.82. The van der Waals surface area contributed by atoms with Gasteiger partial charge in [-0.15, -0.1) is 0 Å². The highest BCUT2D eigenvalue weighted by Gasteiger charge is 2.41. The largest absolute Gasteiger partial charge is 0.352 e. The molecule has 0 bridgehead atoms. The molecule has 3 heterocycles. The first-order chi connectivity index (χ1) is 14.5. The predicted octanol–water partition coefficient (Wildman–Crippen LogP) is 6.02. The van der Waals surface area contributed by atoms with Crippen molar-refractivity contribution >= 4 is 33.3 Å². The lowest BCUT2D eigenvalue weighted by atomic mass is 9.96. The van der Waals surface area contributed by atoms with E-state index >= 15 is 0 Å². The van der Waals surface area contributed by atoms with Gasteiger partial charge in [0, 0.05) is 34.3 Å². The molecular weight excluding hydrogens is 456 g/mol. The van der Waals surface area contributed by atoms with E-state index in [1.54, 1.807) is 0 Å². The van der Waals surface area contributed by atoms with Crippen molar-refractivity contribution in [2.75, 3.05) is 6.54 Å². The van der Waals surface area contributed by atoms with Crippen molar-refractivity contribution in [1.82, 2.24) is 19.8 Å². The molecule has 1 aliphatic heterocycles. The monoisotopic (exact) mass is 482 g/mol. The van der Waals surface area contributed by atoms with Crippen LogP contribution in [0.2, 0.25) is 0 Å². The van der Waals surface area contributed by atoms with Crippen LogP contribution in [-0.4, -0.2) is 26.1 Å². The van der Waals surface area contributed by atoms with E-state index in [2.05, 4.69) is 92.9 Å². The minimum atomic E-state index is 0.0343. The first-order valence-electron chi connectivity index (χ1n) is 10.4. The summed E-state index contributed by atoms with van der Waals surface area (Å²) >= 11 is 9.39. The number of nitrogens with zero attached hydrogens (tertiary/aromatic N) is 3. The molecule has 0 spiro atoms. The Kier molecular flexibility index (Phi) is 6.25. The SMILES string of the molecule is CCCCN1C(=S)N[C@H](c2ccccn2)[C@@H]1c1cc(C)n(-c2cccc(Br)c2)c1C. The van der Waals surface area contributed by atoms with Gasteiger partial charge in [0.2, 0.25) is 0 Å².